The minimum Gasteiger partial charge on any atom is -0.353 e. The van der Waals surface area contributed by atoms with Crippen LogP contribution in [0.3, 0.4) is 0 Å². The average Bonchev–Trinajstić information content (AvgIpc) is 2.27. The molecule has 15 heavy (non-hydrogen) atoms. The van der Waals surface area contributed by atoms with E-state index < -0.39 is 0 Å². The maximum absolute atomic E-state index is 11.5. The molecule has 0 aromatic carbocycles. The van der Waals surface area contributed by atoms with Crippen LogP contribution in [-0.2, 0) is 4.79 Å². The number of carbonyl (C=O) groups excluding carboxylic acids is 1. The number of amides is 1. The molecule has 0 aromatic heterocycles. The van der Waals surface area contributed by atoms with Crippen molar-refractivity contribution in [3.8, 4) is 0 Å². The number of carbonyl (C=O) groups is 1. The van der Waals surface area contributed by atoms with Gasteiger partial charge in [-0.25, -0.2) is 0 Å². The SMILES string of the molecule is C[C@H](NC(=O)CCCCl)C1CCCCC1. The summed E-state index contributed by atoms with van der Waals surface area (Å²) < 4.78 is 0. The second-order valence-corrected chi connectivity index (χ2v) is 4.92. The minimum absolute atomic E-state index is 0.161. The molecule has 1 rings (SSSR count). The third-order valence-corrected chi connectivity index (χ3v) is 3.55. The number of nitrogens with one attached hydrogen (secondary N) is 1. The summed E-state index contributed by atoms with van der Waals surface area (Å²) in [6.07, 6.45) is 7.92. The van der Waals surface area contributed by atoms with Gasteiger partial charge in [-0.2, -0.15) is 0 Å². The number of hydrogen-bond acceptors (Lipinski definition) is 1. The number of hydrogen-bond donors (Lipinski definition) is 1. The van der Waals surface area contributed by atoms with Crippen molar-refractivity contribution < 1.29 is 4.79 Å². The van der Waals surface area contributed by atoms with Crippen molar-refractivity contribution in [3.05, 3.63) is 0 Å². The Bertz CT molecular complexity index is 190. The fourth-order valence-electron chi connectivity index (χ4n) is 2.31. The highest BCUT2D eigenvalue weighted by molar-refractivity contribution is 6.17. The predicted octanol–water partition coefficient (Wildman–Crippen LogP) is 3.09. The molecule has 1 aliphatic carbocycles. The summed E-state index contributed by atoms with van der Waals surface area (Å²) in [7, 11) is 0. The molecule has 0 unspecified atom stereocenters. The Balaban J connectivity index is 2.21. The van der Waals surface area contributed by atoms with Crippen LogP contribution < -0.4 is 5.32 Å². The normalized spacial score (nSPS) is 19.9. The van der Waals surface area contributed by atoms with Gasteiger partial charge in [-0.15, -0.1) is 11.6 Å². The van der Waals surface area contributed by atoms with E-state index in [1.807, 2.05) is 0 Å². The van der Waals surface area contributed by atoms with Crippen molar-refractivity contribution in [1.82, 2.24) is 5.32 Å². The number of rotatable bonds is 5. The fourth-order valence-corrected chi connectivity index (χ4v) is 2.44. The van der Waals surface area contributed by atoms with E-state index in [1.54, 1.807) is 0 Å². The van der Waals surface area contributed by atoms with Crippen molar-refractivity contribution in [2.24, 2.45) is 5.92 Å². The Morgan fingerprint density at radius 1 is 1.40 bits per heavy atom. The molecule has 1 aliphatic rings. The van der Waals surface area contributed by atoms with E-state index in [0.29, 0.717) is 24.3 Å². The molecule has 0 saturated heterocycles. The summed E-state index contributed by atoms with van der Waals surface area (Å²) >= 11 is 5.55. The zero-order valence-corrected chi connectivity index (χ0v) is 10.4. The van der Waals surface area contributed by atoms with Gasteiger partial charge in [0.2, 0.25) is 5.91 Å². The highest BCUT2D eigenvalue weighted by Crippen LogP contribution is 2.26. The summed E-state index contributed by atoms with van der Waals surface area (Å²) in [5.74, 6) is 1.43. The number of alkyl halides is 1. The highest BCUT2D eigenvalue weighted by Gasteiger charge is 2.20. The van der Waals surface area contributed by atoms with Crippen LogP contribution in [0.1, 0.15) is 51.9 Å². The predicted molar refractivity (Wildman–Crippen MR) is 64.1 cm³/mol. The first-order valence-corrected chi connectivity index (χ1v) is 6.63. The first kappa shape index (κ1) is 12.8. The van der Waals surface area contributed by atoms with E-state index >= 15 is 0 Å². The van der Waals surface area contributed by atoms with Gasteiger partial charge in [0.05, 0.1) is 0 Å². The van der Waals surface area contributed by atoms with Gasteiger partial charge in [0.1, 0.15) is 0 Å². The first-order valence-electron chi connectivity index (χ1n) is 6.09. The third kappa shape index (κ3) is 4.87. The molecular weight excluding hydrogens is 210 g/mol. The Labute approximate surface area is 97.8 Å². The molecule has 0 aliphatic heterocycles. The van der Waals surface area contributed by atoms with Gasteiger partial charge in [-0.3, -0.25) is 4.79 Å². The van der Waals surface area contributed by atoms with Crippen LogP contribution in [0.4, 0.5) is 0 Å². The van der Waals surface area contributed by atoms with Crippen molar-refractivity contribution in [1.29, 1.82) is 0 Å². The van der Waals surface area contributed by atoms with E-state index in [9.17, 15) is 4.79 Å². The van der Waals surface area contributed by atoms with Crippen LogP contribution in [0, 0.1) is 5.92 Å². The van der Waals surface area contributed by atoms with Gasteiger partial charge in [-0.1, -0.05) is 19.3 Å². The molecule has 1 fully saturated rings. The van der Waals surface area contributed by atoms with Gasteiger partial charge in [0.15, 0.2) is 0 Å². The van der Waals surface area contributed by atoms with E-state index in [4.69, 9.17) is 11.6 Å². The molecule has 2 nitrogen and oxygen atoms in total. The second-order valence-electron chi connectivity index (χ2n) is 4.55. The van der Waals surface area contributed by atoms with Gasteiger partial charge in [0, 0.05) is 18.3 Å². The Kier molecular flexibility index (Phi) is 6.07. The molecule has 88 valence electrons. The average molecular weight is 232 g/mol. The second kappa shape index (κ2) is 7.10. The lowest BCUT2D eigenvalue weighted by Crippen LogP contribution is -2.38. The molecule has 1 amide bonds. The Morgan fingerprint density at radius 3 is 2.67 bits per heavy atom. The van der Waals surface area contributed by atoms with Crippen LogP contribution >= 0.6 is 11.6 Å². The zero-order valence-electron chi connectivity index (χ0n) is 9.60. The van der Waals surface area contributed by atoms with E-state index in [-0.39, 0.29) is 5.91 Å². The van der Waals surface area contributed by atoms with Crippen molar-refractivity contribution in [2.75, 3.05) is 5.88 Å². The smallest absolute Gasteiger partial charge is 0.220 e. The summed E-state index contributed by atoms with van der Waals surface area (Å²) in [6, 6.07) is 0.341. The summed E-state index contributed by atoms with van der Waals surface area (Å²) in [5.41, 5.74) is 0. The highest BCUT2D eigenvalue weighted by atomic mass is 35.5. The van der Waals surface area contributed by atoms with Crippen molar-refractivity contribution >= 4 is 17.5 Å². The molecular formula is C12H22ClNO. The lowest BCUT2D eigenvalue weighted by molar-refractivity contribution is -0.122. The third-order valence-electron chi connectivity index (χ3n) is 3.28. The van der Waals surface area contributed by atoms with E-state index in [0.717, 1.165) is 6.42 Å². The van der Waals surface area contributed by atoms with Crippen molar-refractivity contribution in [3.63, 3.8) is 0 Å². The van der Waals surface area contributed by atoms with E-state index in [1.165, 1.54) is 32.1 Å². The molecule has 0 aromatic rings. The van der Waals surface area contributed by atoms with Gasteiger partial charge in [0.25, 0.3) is 0 Å². The minimum atomic E-state index is 0.161. The molecule has 0 bridgehead atoms. The quantitative estimate of drug-likeness (QED) is 0.724. The molecule has 0 spiro atoms. The standard InChI is InChI=1S/C12H22ClNO/c1-10(11-6-3-2-4-7-11)14-12(15)8-5-9-13/h10-11H,2-9H2,1H3,(H,14,15)/t10-/m0/s1. The monoisotopic (exact) mass is 231 g/mol. The summed E-state index contributed by atoms with van der Waals surface area (Å²) in [6.45, 7) is 2.13. The Hall–Kier alpha value is -0.240. The molecule has 3 heteroatoms. The van der Waals surface area contributed by atoms with Gasteiger partial charge < -0.3 is 5.32 Å². The largest absolute Gasteiger partial charge is 0.353 e. The fraction of sp³-hybridized carbons (Fsp3) is 0.917. The van der Waals surface area contributed by atoms with Crippen LogP contribution in [0.5, 0.6) is 0 Å². The lowest BCUT2D eigenvalue weighted by atomic mass is 9.84. The molecule has 0 radical (unpaired) electrons. The Morgan fingerprint density at radius 2 is 2.07 bits per heavy atom. The molecule has 1 saturated carbocycles. The van der Waals surface area contributed by atoms with Gasteiger partial charge in [-0.05, 0) is 32.1 Å². The molecule has 1 atom stereocenters. The van der Waals surface area contributed by atoms with E-state index in [2.05, 4.69) is 12.2 Å². The maximum atomic E-state index is 11.5. The van der Waals surface area contributed by atoms with Gasteiger partial charge >= 0.3 is 0 Å². The van der Waals surface area contributed by atoms with Crippen molar-refractivity contribution in [2.45, 2.75) is 57.9 Å². The number of halogens is 1. The first-order chi connectivity index (χ1) is 7.24. The maximum Gasteiger partial charge on any atom is 0.220 e. The molecule has 1 N–H and O–H groups in total. The summed E-state index contributed by atoms with van der Waals surface area (Å²) in [4.78, 5) is 11.5. The molecule has 0 heterocycles. The van der Waals surface area contributed by atoms with Crippen LogP contribution in [0.25, 0.3) is 0 Å². The van der Waals surface area contributed by atoms with Crippen LogP contribution in [0.15, 0.2) is 0 Å². The lowest BCUT2D eigenvalue weighted by Gasteiger charge is -2.28. The topological polar surface area (TPSA) is 29.1 Å². The summed E-state index contributed by atoms with van der Waals surface area (Å²) in [5, 5.41) is 3.09. The van der Waals surface area contributed by atoms with Crippen LogP contribution in [-0.4, -0.2) is 17.8 Å². The van der Waals surface area contributed by atoms with Crippen LogP contribution in [0.2, 0.25) is 0 Å². The zero-order chi connectivity index (χ0) is 11.1.